The van der Waals surface area contributed by atoms with Gasteiger partial charge in [-0.2, -0.15) is 0 Å². The number of fused-ring (bicyclic) bond motifs is 1. The molecule has 106 valence electrons. The minimum atomic E-state index is 0.281. The number of halogens is 3. The van der Waals surface area contributed by atoms with E-state index in [1.165, 1.54) is 5.56 Å². The second-order valence-electron chi connectivity index (χ2n) is 4.95. The Balaban J connectivity index is 1.77. The maximum atomic E-state index is 6.22. The summed E-state index contributed by atoms with van der Waals surface area (Å²) in [4.78, 5) is 0. The van der Waals surface area contributed by atoms with Gasteiger partial charge in [-0.15, -0.1) is 0 Å². The normalized spacial score (nSPS) is 18.1. The van der Waals surface area contributed by atoms with Gasteiger partial charge in [0.05, 0.1) is 16.3 Å². The first kappa shape index (κ1) is 14.3. The van der Waals surface area contributed by atoms with Gasteiger partial charge in [0.2, 0.25) is 0 Å². The van der Waals surface area contributed by atoms with Crippen molar-refractivity contribution in [2.24, 2.45) is 0 Å². The average Bonchev–Trinajstić information content (AvgIpc) is 2.92. The fourth-order valence-electron chi connectivity index (χ4n) is 2.65. The van der Waals surface area contributed by atoms with E-state index >= 15 is 0 Å². The van der Waals surface area contributed by atoms with Crippen molar-refractivity contribution in [2.45, 2.75) is 31.8 Å². The lowest BCUT2D eigenvalue weighted by Crippen LogP contribution is -2.24. The van der Waals surface area contributed by atoms with Crippen LogP contribution < -0.4 is 5.32 Å². The zero-order chi connectivity index (χ0) is 14.1. The molecule has 5 heteroatoms. The van der Waals surface area contributed by atoms with Crippen LogP contribution in [-0.2, 0) is 13.0 Å². The summed E-state index contributed by atoms with van der Waals surface area (Å²) in [5, 5.41) is 5.19. The molecule has 0 saturated carbocycles. The average molecular weight is 331 g/mol. The van der Waals surface area contributed by atoms with Gasteiger partial charge in [0, 0.05) is 35.2 Å². The van der Waals surface area contributed by atoms with Crippen LogP contribution >= 0.6 is 34.8 Å². The molecule has 0 saturated heterocycles. The van der Waals surface area contributed by atoms with E-state index in [4.69, 9.17) is 39.2 Å². The Bertz CT molecular complexity index is 624. The van der Waals surface area contributed by atoms with Crippen molar-refractivity contribution >= 4 is 34.8 Å². The Morgan fingerprint density at radius 1 is 1.15 bits per heavy atom. The Morgan fingerprint density at radius 2 is 1.95 bits per heavy atom. The maximum absolute atomic E-state index is 6.22. The van der Waals surface area contributed by atoms with Gasteiger partial charge in [0.25, 0.3) is 0 Å². The van der Waals surface area contributed by atoms with Crippen LogP contribution in [-0.4, -0.2) is 0 Å². The highest BCUT2D eigenvalue weighted by Gasteiger charge is 2.22. The van der Waals surface area contributed by atoms with Crippen LogP contribution in [0.4, 0.5) is 0 Å². The number of rotatable bonds is 3. The summed E-state index contributed by atoms with van der Waals surface area (Å²) < 4.78 is 5.49. The van der Waals surface area contributed by atoms with Crippen molar-refractivity contribution in [1.82, 2.24) is 5.32 Å². The molecule has 2 aromatic rings. The quantitative estimate of drug-likeness (QED) is 0.761. The van der Waals surface area contributed by atoms with Crippen molar-refractivity contribution < 1.29 is 4.42 Å². The monoisotopic (exact) mass is 329 g/mol. The van der Waals surface area contributed by atoms with Crippen molar-refractivity contribution in [1.29, 1.82) is 0 Å². The molecular formula is C15H14Cl3NO. The summed E-state index contributed by atoms with van der Waals surface area (Å²) >= 11 is 18.5. The van der Waals surface area contributed by atoms with E-state index in [0.717, 1.165) is 30.6 Å². The lowest BCUT2D eigenvalue weighted by Gasteiger charge is -2.23. The van der Waals surface area contributed by atoms with E-state index in [-0.39, 0.29) is 6.04 Å². The van der Waals surface area contributed by atoms with Gasteiger partial charge in [-0.1, -0.05) is 34.8 Å². The molecule has 1 atom stereocenters. The van der Waals surface area contributed by atoms with Crippen LogP contribution in [0.3, 0.4) is 0 Å². The number of hydrogen-bond donors (Lipinski definition) is 1. The topological polar surface area (TPSA) is 25.2 Å². The molecular weight excluding hydrogens is 317 g/mol. The van der Waals surface area contributed by atoms with Crippen LogP contribution in [0.25, 0.3) is 0 Å². The van der Waals surface area contributed by atoms with E-state index in [2.05, 4.69) is 5.32 Å². The highest BCUT2D eigenvalue weighted by atomic mass is 35.5. The number of benzene rings is 1. The molecule has 0 spiro atoms. The maximum Gasteiger partial charge on any atom is 0.108 e. The van der Waals surface area contributed by atoms with Crippen LogP contribution in [0.5, 0.6) is 0 Å². The molecule has 1 N–H and O–H groups in total. The minimum absolute atomic E-state index is 0.281. The second kappa shape index (κ2) is 5.98. The number of hydrogen-bond acceptors (Lipinski definition) is 2. The summed E-state index contributed by atoms with van der Waals surface area (Å²) in [7, 11) is 0. The van der Waals surface area contributed by atoms with Gasteiger partial charge < -0.3 is 9.73 Å². The third-order valence-corrected chi connectivity index (χ3v) is 4.91. The summed E-state index contributed by atoms with van der Waals surface area (Å²) in [6.45, 7) is 0.591. The van der Waals surface area contributed by atoms with Crippen LogP contribution in [0.1, 0.15) is 35.8 Å². The first-order chi connectivity index (χ1) is 9.66. The fraction of sp³-hybridized carbons (Fsp3) is 0.333. The Labute approximate surface area is 133 Å². The van der Waals surface area contributed by atoms with Crippen molar-refractivity contribution in [3.63, 3.8) is 0 Å². The van der Waals surface area contributed by atoms with Crippen LogP contribution in [0, 0.1) is 0 Å². The molecule has 0 aliphatic heterocycles. The minimum Gasteiger partial charge on any atom is -0.469 e. The molecule has 2 nitrogen and oxygen atoms in total. The molecule has 1 aromatic heterocycles. The predicted molar refractivity (Wildman–Crippen MR) is 82.7 cm³/mol. The molecule has 1 heterocycles. The SMILES string of the molecule is Clc1ccc(Cl)c(CNC2CCCc3occc32)c1Cl. The van der Waals surface area contributed by atoms with Gasteiger partial charge in [-0.3, -0.25) is 0 Å². The summed E-state index contributed by atoms with van der Waals surface area (Å²) in [6.07, 6.45) is 4.97. The summed E-state index contributed by atoms with van der Waals surface area (Å²) in [5.74, 6) is 1.08. The zero-order valence-electron chi connectivity index (χ0n) is 10.8. The van der Waals surface area contributed by atoms with Gasteiger partial charge >= 0.3 is 0 Å². The number of nitrogens with one attached hydrogen (secondary N) is 1. The molecule has 3 rings (SSSR count). The first-order valence-electron chi connectivity index (χ1n) is 6.59. The van der Waals surface area contributed by atoms with E-state index in [9.17, 15) is 0 Å². The van der Waals surface area contributed by atoms with Gasteiger partial charge in [0.15, 0.2) is 0 Å². The Morgan fingerprint density at radius 3 is 2.80 bits per heavy atom. The number of aryl methyl sites for hydroxylation is 1. The largest absolute Gasteiger partial charge is 0.469 e. The summed E-state index contributed by atoms with van der Waals surface area (Å²) in [5.41, 5.74) is 2.09. The first-order valence-corrected chi connectivity index (χ1v) is 7.72. The zero-order valence-corrected chi connectivity index (χ0v) is 13.0. The van der Waals surface area contributed by atoms with E-state index in [1.807, 2.05) is 6.07 Å². The predicted octanol–water partition coefficient (Wildman–Crippen LogP) is 5.41. The van der Waals surface area contributed by atoms with Crippen molar-refractivity contribution in [2.75, 3.05) is 0 Å². The standard InChI is InChI=1S/C15H14Cl3NO/c16-11-4-5-12(17)15(18)10(11)8-19-13-2-1-3-14-9(13)6-7-20-14/h4-7,13,19H,1-3,8H2. The van der Waals surface area contributed by atoms with E-state index in [1.54, 1.807) is 18.4 Å². The molecule has 20 heavy (non-hydrogen) atoms. The van der Waals surface area contributed by atoms with Crippen molar-refractivity contribution in [3.8, 4) is 0 Å². The van der Waals surface area contributed by atoms with Gasteiger partial charge in [-0.05, 0) is 31.0 Å². The third-order valence-electron chi connectivity index (χ3n) is 3.72. The van der Waals surface area contributed by atoms with E-state index < -0.39 is 0 Å². The lowest BCUT2D eigenvalue weighted by molar-refractivity contribution is 0.411. The van der Waals surface area contributed by atoms with Gasteiger partial charge in [-0.25, -0.2) is 0 Å². The highest BCUT2D eigenvalue weighted by Crippen LogP contribution is 2.34. The molecule has 0 fully saturated rings. The Kier molecular flexibility index (Phi) is 4.27. The molecule has 0 amide bonds. The lowest BCUT2D eigenvalue weighted by atomic mass is 9.93. The van der Waals surface area contributed by atoms with E-state index in [0.29, 0.717) is 21.6 Å². The molecule has 0 bridgehead atoms. The fourth-order valence-corrected chi connectivity index (χ4v) is 3.34. The smallest absolute Gasteiger partial charge is 0.108 e. The molecule has 1 unspecified atom stereocenters. The third kappa shape index (κ3) is 2.71. The Hall–Kier alpha value is -0.670. The molecule has 1 aliphatic rings. The molecule has 0 radical (unpaired) electrons. The number of furan rings is 1. The molecule has 1 aromatic carbocycles. The van der Waals surface area contributed by atoms with Gasteiger partial charge in [0.1, 0.15) is 5.76 Å². The van der Waals surface area contributed by atoms with Crippen LogP contribution in [0.2, 0.25) is 15.1 Å². The second-order valence-corrected chi connectivity index (χ2v) is 6.14. The summed E-state index contributed by atoms with van der Waals surface area (Å²) in [6, 6.07) is 5.80. The molecule has 1 aliphatic carbocycles. The highest BCUT2D eigenvalue weighted by molar-refractivity contribution is 6.44. The van der Waals surface area contributed by atoms with Crippen LogP contribution in [0.15, 0.2) is 28.9 Å². The van der Waals surface area contributed by atoms with Crippen molar-refractivity contribution in [3.05, 3.63) is 56.4 Å².